The molecule has 0 radical (unpaired) electrons. The first-order valence-corrected chi connectivity index (χ1v) is 4.85. The van der Waals surface area contributed by atoms with Crippen molar-refractivity contribution in [2.24, 2.45) is 5.92 Å². The number of hydrogen-bond acceptors (Lipinski definition) is 3. The van der Waals surface area contributed by atoms with Crippen molar-refractivity contribution in [1.29, 1.82) is 0 Å². The quantitative estimate of drug-likeness (QED) is 0.705. The normalized spacial score (nSPS) is 20.3. The van der Waals surface area contributed by atoms with Gasteiger partial charge in [-0.2, -0.15) is 0 Å². The Morgan fingerprint density at radius 1 is 1.53 bits per heavy atom. The molecular formula is C10H12N2O3. The maximum absolute atomic E-state index is 11.5. The Kier molecular flexibility index (Phi) is 2.55. The largest absolute Gasteiger partial charge is 0.396 e. The van der Waals surface area contributed by atoms with Crippen molar-refractivity contribution < 1.29 is 5.11 Å². The number of rotatable bonds is 2. The summed E-state index contributed by atoms with van der Waals surface area (Å²) in [6.45, 7) is 0.0252. The number of aromatic nitrogens is 2. The summed E-state index contributed by atoms with van der Waals surface area (Å²) in [6, 6.07) is 1.30. The molecule has 1 aromatic rings. The van der Waals surface area contributed by atoms with Gasteiger partial charge in [-0.25, -0.2) is 4.79 Å². The molecule has 0 bridgehead atoms. The summed E-state index contributed by atoms with van der Waals surface area (Å²) < 4.78 is 1.38. The number of nitrogens with one attached hydrogen (secondary N) is 1. The van der Waals surface area contributed by atoms with E-state index in [4.69, 9.17) is 5.11 Å². The van der Waals surface area contributed by atoms with Crippen LogP contribution < -0.4 is 11.2 Å². The summed E-state index contributed by atoms with van der Waals surface area (Å²) in [5.41, 5.74) is -0.0803. The van der Waals surface area contributed by atoms with Crippen molar-refractivity contribution >= 4 is 5.70 Å². The maximum atomic E-state index is 11.5. The maximum Gasteiger partial charge on any atom is 0.332 e. The van der Waals surface area contributed by atoms with Crippen molar-refractivity contribution in [2.75, 3.05) is 6.61 Å². The third-order valence-corrected chi connectivity index (χ3v) is 2.61. The van der Waals surface area contributed by atoms with Gasteiger partial charge in [-0.05, 0) is 12.8 Å². The van der Waals surface area contributed by atoms with E-state index in [2.05, 4.69) is 4.98 Å². The van der Waals surface area contributed by atoms with E-state index in [-0.39, 0.29) is 12.5 Å². The highest BCUT2D eigenvalue weighted by molar-refractivity contribution is 5.50. The standard InChI is InChI=1S/C10H12N2O3/c13-6-7-2-1-3-8(7)12-5-4-9(14)11-10(12)15/h3-5,7,13H,1-2,6H2,(H,11,14,15). The number of aliphatic hydroxyl groups excluding tert-OH is 1. The molecule has 1 aromatic heterocycles. The number of aromatic amines is 1. The third kappa shape index (κ3) is 1.78. The third-order valence-electron chi connectivity index (χ3n) is 2.61. The predicted octanol–water partition coefficient (Wildman–Crippen LogP) is -0.220. The lowest BCUT2D eigenvalue weighted by Crippen LogP contribution is -2.29. The number of nitrogens with zero attached hydrogens (tertiary/aromatic N) is 1. The molecule has 1 atom stereocenters. The molecule has 0 saturated carbocycles. The van der Waals surface area contributed by atoms with E-state index in [1.165, 1.54) is 16.8 Å². The van der Waals surface area contributed by atoms with E-state index in [0.29, 0.717) is 0 Å². The van der Waals surface area contributed by atoms with Crippen LogP contribution in [0.15, 0.2) is 27.9 Å². The minimum absolute atomic E-state index is 0.00592. The molecular weight excluding hydrogens is 196 g/mol. The summed E-state index contributed by atoms with van der Waals surface area (Å²) in [5, 5.41) is 9.12. The lowest BCUT2D eigenvalue weighted by atomic mass is 10.1. The summed E-state index contributed by atoms with van der Waals surface area (Å²) in [4.78, 5) is 24.5. The SMILES string of the molecule is O=c1ccn(C2=CCCC2CO)c(=O)[nH]1. The molecule has 0 aromatic carbocycles. The van der Waals surface area contributed by atoms with E-state index >= 15 is 0 Å². The Bertz CT molecular complexity index is 498. The molecule has 0 aliphatic heterocycles. The molecule has 5 heteroatoms. The zero-order chi connectivity index (χ0) is 10.8. The molecule has 0 amide bonds. The number of aliphatic hydroxyl groups is 1. The summed E-state index contributed by atoms with van der Waals surface area (Å²) in [5.74, 6) is -0.00592. The highest BCUT2D eigenvalue weighted by atomic mass is 16.3. The van der Waals surface area contributed by atoms with Crippen molar-refractivity contribution in [1.82, 2.24) is 9.55 Å². The molecule has 0 fully saturated rings. The lowest BCUT2D eigenvalue weighted by Gasteiger charge is -2.13. The first-order valence-electron chi connectivity index (χ1n) is 4.85. The Labute approximate surface area is 85.7 Å². The second-order valence-electron chi connectivity index (χ2n) is 3.57. The van der Waals surface area contributed by atoms with Crippen LogP contribution in [0.3, 0.4) is 0 Å². The van der Waals surface area contributed by atoms with Gasteiger partial charge in [-0.15, -0.1) is 0 Å². The van der Waals surface area contributed by atoms with Crippen molar-refractivity contribution in [3.8, 4) is 0 Å². The van der Waals surface area contributed by atoms with Crippen LogP contribution in [-0.4, -0.2) is 21.3 Å². The van der Waals surface area contributed by atoms with E-state index < -0.39 is 11.2 Å². The van der Waals surface area contributed by atoms with Gasteiger partial charge in [0.2, 0.25) is 0 Å². The summed E-state index contributed by atoms with van der Waals surface area (Å²) in [7, 11) is 0. The van der Waals surface area contributed by atoms with Crippen molar-refractivity contribution in [3.05, 3.63) is 39.2 Å². The fraction of sp³-hybridized carbons (Fsp3) is 0.400. The molecule has 0 saturated heterocycles. The number of allylic oxidation sites excluding steroid dienone is 1. The van der Waals surface area contributed by atoms with E-state index in [9.17, 15) is 9.59 Å². The average Bonchev–Trinajstić information content (AvgIpc) is 2.65. The van der Waals surface area contributed by atoms with Crippen LogP contribution >= 0.6 is 0 Å². The predicted molar refractivity (Wildman–Crippen MR) is 55.4 cm³/mol. The molecule has 80 valence electrons. The van der Waals surface area contributed by atoms with E-state index in [1.54, 1.807) is 0 Å². The molecule has 1 aliphatic rings. The second kappa shape index (κ2) is 3.86. The second-order valence-corrected chi connectivity index (χ2v) is 3.57. The van der Waals surface area contributed by atoms with Crippen molar-refractivity contribution in [2.45, 2.75) is 12.8 Å². The zero-order valence-electron chi connectivity index (χ0n) is 8.14. The minimum atomic E-state index is -0.450. The Morgan fingerprint density at radius 3 is 3.00 bits per heavy atom. The zero-order valence-corrected chi connectivity index (χ0v) is 8.14. The van der Waals surface area contributed by atoms with Gasteiger partial charge < -0.3 is 5.11 Å². The number of H-pyrrole nitrogens is 1. The Morgan fingerprint density at radius 2 is 2.33 bits per heavy atom. The highest BCUT2D eigenvalue weighted by Gasteiger charge is 2.20. The molecule has 1 aliphatic carbocycles. The van der Waals surface area contributed by atoms with E-state index in [0.717, 1.165) is 18.5 Å². The van der Waals surface area contributed by atoms with Gasteiger partial charge in [-0.3, -0.25) is 14.3 Å². The molecule has 1 heterocycles. The first kappa shape index (κ1) is 9.92. The minimum Gasteiger partial charge on any atom is -0.396 e. The van der Waals surface area contributed by atoms with Gasteiger partial charge in [-0.1, -0.05) is 6.08 Å². The Balaban J connectivity index is 2.46. The monoisotopic (exact) mass is 208 g/mol. The summed E-state index contributed by atoms with van der Waals surface area (Å²) >= 11 is 0. The van der Waals surface area contributed by atoms with Gasteiger partial charge in [0, 0.05) is 23.9 Å². The molecule has 2 rings (SSSR count). The fourth-order valence-corrected chi connectivity index (χ4v) is 1.85. The van der Waals surface area contributed by atoms with Gasteiger partial charge >= 0.3 is 5.69 Å². The highest BCUT2D eigenvalue weighted by Crippen LogP contribution is 2.27. The van der Waals surface area contributed by atoms with Crippen LogP contribution in [0, 0.1) is 5.92 Å². The first-order chi connectivity index (χ1) is 7.22. The van der Waals surface area contributed by atoms with Crippen molar-refractivity contribution in [3.63, 3.8) is 0 Å². The van der Waals surface area contributed by atoms with Gasteiger partial charge in [0.25, 0.3) is 5.56 Å². The van der Waals surface area contributed by atoms with Crippen LogP contribution in [0.5, 0.6) is 0 Å². The average molecular weight is 208 g/mol. The van der Waals surface area contributed by atoms with Crippen LogP contribution in [0.25, 0.3) is 5.70 Å². The van der Waals surface area contributed by atoms with Gasteiger partial charge in [0.05, 0.1) is 6.61 Å². The molecule has 15 heavy (non-hydrogen) atoms. The Hall–Kier alpha value is -1.62. The summed E-state index contributed by atoms with van der Waals surface area (Å²) in [6.07, 6.45) is 5.06. The topological polar surface area (TPSA) is 75.1 Å². The molecule has 1 unspecified atom stereocenters. The van der Waals surface area contributed by atoms with Crippen LogP contribution in [0.2, 0.25) is 0 Å². The molecule has 0 spiro atoms. The van der Waals surface area contributed by atoms with Crippen LogP contribution in [0.4, 0.5) is 0 Å². The molecule has 5 nitrogen and oxygen atoms in total. The molecule has 2 N–H and O–H groups in total. The smallest absolute Gasteiger partial charge is 0.332 e. The van der Waals surface area contributed by atoms with Crippen LogP contribution in [-0.2, 0) is 0 Å². The van der Waals surface area contributed by atoms with E-state index in [1.807, 2.05) is 6.08 Å². The van der Waals surface area contributed by atoms with Gasteiger partial charge in [0.1, 0.15) is 0 Å². The fourth-order valence-electron chi connectivity index (χ4n) is 1.85. The van der Waals surface area contributed by atoms with Crippen LogP contribution in [0.1, 0.15) is 12.8 Å². The number of hydrogen-bond donors (Lipinski definition) is 2. The lowest BCUT2D eigenvalue weighted by molar-refractivity contribution is 0.252. The van der Waals surface area contributed by atoms with Gasteiger partial charge in [0.15, 0.2) is 0 Å².